The van der Waals surface area contributed by atoms with E-state index in [4.69, 9.17) is 4.74 Å². The van der Waals surface area contributed by atoms with E-state index in [1.54, 1.807) is 23.8 Å². The lowest BCUT2D eigenvalue weighted by atomic mass is 10.4. The maximum absolute atomic E-state index is 11.6. The predicted octanol–water partition coefficient (Wildman–Crippen LogP) is 2.70. The Kier molecular flexibility index (Phi) is 4.27. The summed E-state index contributed by atoms with van der Waals surface area (Å²) >= 11 is 2.97. The predicted molar refractivity (Wildman–Crippen MR) is 72.2 cm³/mol. The molecule has 2 rings (SSSR count). The fourth-order valence-corrected chi connectivity index (χ4v) is 2.73. The number of thiazole rings is 2. The third-order valence-corrected chi connectivity index (χ3v) is 3.85. The summed E-state index contributed by atoms with van der Waals surface area (Å²) < 4.78 is 4.94. The van der Waals surface area contributed by atoms with Crippen LogP contribution >= 0.6 is 22.7 Å². The number of anilines is 1. The molecule has 0 amide bonds. The first kappa shape index (κ1) is 13.0. The molecule has 2 aromatic heterocycles. The number of aromatic nitrogens is 2. The Morgan fingerprint density at radius 2 is 2.33 bits per heavy atom. The highest BCUT2D eigenvalue weighted by Gasteiger charge is 2.15. The minimum atomic E-state index is -0.392. The van der Waals surface area contributed by atoms with E-state index in [1.807, 2.05) is 12.3 Å². The van der Waals surface area contributed by atoms with Crippen molar-refractivity contribution in [2.75, 3.05) is 11.9 Å². The number of hydrogen-bond donors (Lipinski definition) is 1. The van der Waals surface area contributed by atoms with Crippen molar-refractivity contribution in [2.24, 2.45) is 0 Å². The van der Waals surface area contributed by atoms with Crippen LogP contribution in [-0.4, -0.2) is 22.5 Å². The Morgan fingerprint density at radius 3 is 3.00 bits per heavy atom. The second-order valence-electron chi connectivity index (χ2n) is 3.49. The molecule has 0 spiro atoms. The summed E-state index contributed by atoms with van der Waals surface area (Å²) in [6.07, 6.45) is 0. The van der Waals surface area contributed by atoms with Crippen molar-refractivity contribution in [3.8, 4) is 0 Å². The summed E-state index contributed by atoms with van der Waals surface area (Å²) in [5.41, 5.74) is 2.98. The van der Waals surface area contributed by atoms with Crippen molar-refractivity contribution >= 4 is 33.6 Å². The number of nitrogens with zero attached hydrogens (tertiary/aromatic N) is 2. The molecule has 0 radical (unpaired) electrons. The highest BCUT2D eigenvalue weighted by molar-refractivity contribution is 7.14. The van der Waals surface area contributed by atoms with Crippen LogP contribution in [0.1, 0.15) is 28.1 Å². The fourth-order valence-electron chi connectivity index (χ4n) is 1.36. The standard InChI is InChI=1S/C11H13N3O2S2/c1-3-16-11(15)9-10(18-6-13-9)12-4-8-14-7(2)5-17-8/h5-6,12H,3-4H2,1-2H3. The Hall–Kier alpha value is -1.47. The lowest BCUT2D eigenvalue weighted by Crippen LogP contribution is -2.08. The van der Waals surface area contributed by atoms with Gasteiger partial charge in [0.1, 0.15) is 10.0 Å². The van der Waals surface area contributed by atoms with Gasteiger partial charge in [0.25, 0.3) is 0 Å². The van der Waals surface area contributed by atoms with Gasteiger partial charge in [-0.2, -0.15) is 0 Å². The van der Waals surface area contributed by atoms with Crippen molar-refractivity contribution < 1.29 is 9.53 Å². The zero-order valence-electron chi connectivity index (χ0n) is 10.1. The summed E-state index contributed by atoms with van der Waals surface area (Å²) in [6, 6.07) is 0. The van der Waals surface area contributed by atoms with Gasteiger partial charge in [-0.3, -0.25) is 0 Å². The molecule has 0 aliphatic heterocycles. The molecule has 5 nitrogen and oxygen atoms in total. The third-order valence-electron chi connectivity index (χ3n) is 2.10. The zero-order valence-corrected chi connectivity index (χ0v) is 11.7. The number of carbonyl (C=O) groups is 1. The molecule has 0 atom stereocenters. The number of carbonyl (C=O) groups excluding carboxylic acids is 1. The lowest BCUT2D eigenvalue weighted by Gasteiger charge is -2.03. The molecule has 0 aromatic carbocycles. The summed E-state index contributed by atoms with van der Waals surface area (Å²) in [6.45, 7) is 4.67. The quantitative estimate of drug-likeness (QED) is 0.855. The number of ether oxygens (including phenoxy) is 1. The zero-order chi connectivity index (χ0) is 13.0. The molecule has 0 bridgehead atoms. The number of esters is 1. The summed E-state index contributed by atoms with van der Waals surface area (Å²) in [5, 5.41) is 6.87. The van der Waals surface area contributed by atoms with Crippen LogP contribution in [-0.2, 0) is 11.3 Å². The molecular formula is C11H13N3O2S2. The average molecular weight is 283 g/mol. The summed E-state index contributed by atoms with van der Waals surface area (Å²) in [5.74, 6) is -0.392. The Labute approximate surface area is 113 Å². The molecule has 0 fully saturated rings. The van der Waals surface area contributed by atoms with Crippen molar-refractivity contribution in [3.63, 3.8) is 0 Å². The maximum Gasteiger partial charge on any atom is 0.360 e. The third kappa shape index (κ3) is 3.05. The second kappa shape index (κ2) is 5.92. The van der Waals surface area contributed by atoms with E-state index in [0.29, 0.717) is 18.8 Å². The molecular weight excluding hydrogens is 270 g/mol. The van der Waals surface area contributed by atoms with E-state index in [1.165, 1.54) is 11.3 Å². The van der Waals surface area contributed by atoms with Crippen molar-refractivity contribution in [3.05, 3.63) is 27.3 Å². The molecule has 7 heteroatoms. The van der Waals surface area contributed by atoms with E-state index in [0.717, 1.165) is 15.7 Å². The Balaban J connectivity index is 2.01. The minimum absolute atomic E-state index is 0.343. The maximum atomic E-state index is 11.6. The Bertz CT molecular complexity index is 536. The van der Waals surface area contributed by atoms with Crippen LogP contribution in [0.5, 0.6) is 0 Å². The minimum Gasteiger partial charge on any atom is -0.461 e. The first-order valence-electron chi connectivity index (χ1n) is 5.46. The van der Waals surface area contributed by atoms with E-state index in [-0.39, 0.29) is 0 Å². The van der Waals surface area contributed by atoms with E-state index >= 15 is 0 Å². The lowest BCUT2D eigenvalue weighted by molar-refractivity contribution is 0.0521. The van der Waals surface area contributed by atoms with E-state index in [2.05, 4.69) is 15.3 Å². The van der Waals surface area contributed by atoms with E-state index < -0.39 is 5.97 Å². The average Bonchev–Trinajstić information content (AvgIpc) is 2.95. The molecule has 0 saturated carbocycles. The first-order chi connectivity index (χ1) is 8.70. The van der Waals surface area contributed by atoms with Crippen LogP contribution in [0.4, 0.5) is 5.00 Å². The van der Waals surface area contributed by atoms with Crippen LogP contribution in [0.2, 0.25) is 0 Å². The van der Waals surface area contributed by atoms with Gasteiger partial charge in [0, 0.05) is 11.1 Å². The topological polar surface area (TPSA) is 64.1 Å². The van der Waals surface area contributed by atoms with Crippen LogP contribution in [0.15, 0.2) is 10.9 Å². The van der Waals surface area contributed by atoms with Gasteiger partial charge in [0.2, 0.25) is 0 Å². The number of nitrogens with one attached hydrogen (secondary N) is 1. The summed E-state index contributed by atoms with van der Waals surface area (Å²) in [4.78, 5) is 20.0. The van der Waals surface area contributed by atoms with Crippen LogP contribution in [0, 0.1) is 6.92 Å². The number of aryl methyl sites for hydroxylation is 1. The molecule has 0 unspecified atom stereocenters. The smallest absolute Gasteiger partial charge is 0.360 e. The second-order valence-corrected chi connectivity index (χ2v) is 5.28. The molecule has 0 aliphatic carbocycles. The van der Waals surface area contributed by atoms with Crippen LogP contribution in [0.3, 0.4) is 0 Å². The normalized spacial score (nSPS) is 10.3. The molecule has 96 valence electrons. The molecule has 1 N–H and O–H groups in total. The van der Waals surface area contributed by atoms with Crippen molar-refractivity contribution in [1.29, 1.82) is 0 Å². The molecule has 0 saturated heterocycles. The van der Waals surface area contributed by atoms with Crippen LogP contribution in [0.25, 0.3) is 0 Å². The van der Waals surface area contributed by atoms with Crippen molar-refractivity contribution in [2.45, 2.75) is 20.4 Å². The SMILES string of the molecule is CCOC(=O)c1ncsc1NCc1nc(C)cs1. The number of rotatable bonds is 5. The van der Waals surface area contributed by atoms with Gasteiger partial charge >= 0.3 is 5.97 Å². The van der Waals surface area contributed by atoms with Gasteiger partial charge in [0.15, 0.2) is 5.69 Å². The fraction of sp³-hybridized carbons (Fsp3) is 0.364. The molecule has 2 aromatic rings. The monoisotopic (exact) mass is 283 g/mol. The van der Waals surface area contributed by atoms with Gasteiger partial charge in [-0.1, -0.05) is 0 Å². The first-order valence-corrected chi connectivity index (χ1v) is 7.22. The van der Waals surface area contributed by atoms with Gasteiger partial charge in [-0.15, -0.1) is 22.7 Å². The van der Waals surface area contributed by atoms with E-state index in [9.17, 15) is 4.79 Å². The van der Waals surface area contributed by atoms with Crippen molar-refractivity contribution in [1.82, 2.24) is 9.97 Å². The highest BCUT2D eigenvalue weighted by Crippen LogP contribution is 2.22. The van der Waals surface area contributed by atoms with Gasteiger partial charge < -0.3 is 10.1 Å². The highest BCUT2D eigenvalue weighted by atomic mass is 32.1. The number of hydrogen-bond acceptors (Lipinski definition) is 7. The van der Waals surface area contributed by atoms with Gasteiger partial charge in [-0.05, 0) is 13.8 Å². The Morgan fingerprint density at radius 1 is 1.50 bits per heavy atom. The van der Waals surface area contributed by atoms with Crippen LogP contribution < -0.4 is 5.32 Å². The molecule has 18 heavy (non-hydrogen) atoms. The van der Waals surface area contributed by atoms with Gasteiger partial charge in [-0.25, -0.2) is 14.8 Å². The van der Waals surface area contributed by atoms with Gasteiger partial charge in [0.05, 0.1) is 18.7 Å². The molecule has 0 aliphatic rings. The summed E-state index contributed by atoms with van der Waals surface area (Å²) in [7, 11) is 0. The molecule has 2 heterocycles. The largest absolute Gasteiger partial charge is 0.461 e.